The first-order valence-electron chi connectivity index (χ1n) is 5.72. The fraction of sp³-hybridized carbons (Fsp3) is 0.250. The summed E-state index contributed by atoms with van der Waals surface area (Å²) in [7, 11) is 0. The van der Waals surface area contributed by atoms with E-state index in [1.54, 1.807) is 18.5 Å². The lowest BCUT2D eigenvalue weighted by molar-refractivity contribution is 0.318. The minimum Gasteiger partial charge on any atom is -0.409 e. The third-order valence-corrected chi connectivity index (χ3v) is 2.59. The van der Waals surface area contributed by atoms with Crippen LogP contribution in [0.15, 0.2) is 35.9 Å². The van der Waals surface area contributed by atoms with Crippen molar-refractivity contribution >= 4 is 5.84 Å². The Balaban J connectivity index is 2.31. The Morgan fingerprint density at radius 2 is 2.28 bits per heavy atom. The zero-order valence-corrected chi connectivity index (χ0v) is 10.1. The van der Waals surface area contributed by atoms with E-state index in [0.29, 0.717) is 5.69 Å². The van der Waals surface area contributed by atoms with Crippen molar-refractivity contribution in [3.63, 3.8) is 0 Å². The average Bonchev–Trinajstić information content (AvgIpc) is 2.87. The number of nitrogens with two attached hydrogens (primary N) is 1. The van der Waals surface area contributed by atoms with Crippen LogP contribution >= 0.6 is 0 Å². The van der Waals surface area contributed by atoms with Crippen molar-refractivity contribution in [2.45, 2.75) is 19.8 Å². The molecular weight excluding hydrogens is 230 g/mol. The van der Waals surface area contributed by atoms with Crippen LogP contribution in [-0.4, -0.2) is 25.6 Å². The Hall–Kier alpha value is -2.37. The van der Waals surface area contributed by atoms with Crippen molar-refractivity contribution in [2.24, 2.45) is 10.9 Å². The van der Waals surface area contributed by atoms with Crippen molar-refractivity contribution in [3.05, 3.63) is 42.2 Å². The topological polar surface area (TPSA) is 89.3 Å². The molecule has 0 spiro atoms. The van der Waals surface area contributed by atoms with Crippen LogP contribution in [0, 0.1) is 0 Å². The van der Waals surface area contributed by atoms with Crippen molar-refractivity contribution in [1.82, 2.24) is 14.5 Å². The molecule has 3 N–H and O–H groups in total. The van der Waals surface area contributed by atoms with Crippen LogP contribution in [0.4, 0.5) is 0 Å². The average molecular weight is 245 g/mol. The molecule has 6 nitrogen and oxygen atoms in total. The molecule has 0 aromatic carbocycles. The quantitative estimate of drug-likeness (QED) is 0.368. The van der Waals surface area contributed by atoms with Crippen molar-refractivity contribution in [3.8, 4) is 5.69 Å². The summed E-state index contributed by atoms with van der Waals surface area (Å²) in [6.45, 7) is 2.11. The van der Waals surface area contributed by atoms with Crippen molar-refractivity contribution in [2.75, 3.05) is 0 Å². The fourth-order valence-electron chi connectivity index (χ4n) is 1.71. The standard InChI is InChI=1S/C12H15N5O/c1-2-3-11-14-6-7-17(11)9-4-5-10(15-8-9)12(13)16-18/h4-8,18H,2-3H2,1H3,(H2,13,16). The van der Waals surface area contributed by atoms with E-state index in [-0.39, 0.29) is 5.84 Å². The number of hydrogen-bond donors (Lipinski definition) is 2. The van der Waals surface area contributed by atoms with E-state index in [4.69, 9.17) is 10.9 Å². The Morgan fingerprint density at radius 3 is 2.89 bits per heavy atom. The Kier molecular flexibility index (Phi) is 3.57. The van der Waals surface area contributed by atoms with Gasteiger partial charge >= 0.3 is 0 Å². The van der Waals surface area contributed by atoms with Crippen LogP contribution in [0.1, 0.15) is 24.9 Å². The molecule has 0 saturated carbocycles. The van der Waals surface area contributed by atoms with Gasteiger partial charge in [0, 0.05) is 18.8 Å². The highest BCUT2D eigenvalue weighted by Gasteiger charge is 2.06. The number of rotatable bonds is 4. The van der Waals surface area contributed by atoms with E-state index in [2.05, 4.69) is 22.0 Å². The summed E-state index contributed by atoms with van der Waals surface area (Å²) in [5.41, 5.74) is 6.81. The number of aryl methyl sites for hydroxylation is 1. The molecule has 94 valence electrons. The number of pyridine rings is 1. The monoisotopic (exact) mass is 245 g/mol. The number of oxime groups is 1. The van der Waals surface area contributed by atoms with Gasteiger partial charge in [-0.15, -0.1) is 0 Å². The molecule has 0 aliphatic heterocycles. The summed E-state index contributed by atoms with van der Waals surface area (Å²) in [6, 6.07) is 3.57. The van der Waals surface area contributed by atoms with Gasteiger partial charge < -0.3 is 15.5 Å². The summed E-state index contributed by atoms with van der Waals surface area (Å²) in [6.07, 6.45) is 7.28. The number of hydrogen-bond acceptors (Lipinski definition) is 4. The molecule has 0 unspecified atom stereocenters. The highest BCUT2D eigenvalue weighted by Crippen LogP contribution is 2.11. The molecule has 0 saturated heterocycles. The molecule has 0 amide bonds. The molecule has 2 rings (SSSR count). The molecule has 0 bridgehead atoms. The number of nitrogens with zero attached hydrogens (tertiary/aromatic N) is 4. The molecule has 2 heterocycles. The van der Waals surface area contributed by atoms with Gasteiger partial charge in [0.2, 0.25) is 0 Å². The number of aromatic nitrogens is 3. The van der Waals surface area contributed by atoms with Crippen LogP contribution in [0.2, 0.25) is 0 Å². The largest absolute Gasteiger partial charge is 0.409 e. The predicted molar refractivity (Wildman–Crippen MR) is 67.9 cm³/mol. The summed E-state index contributed by atoms with van der Waals surface area (Å²) in [5, 5.41) is 11.5. The normalized spacial score (nSPS) is 11.7. The van der Waals surface area contributed by atoms with Gasteiger partial charge in [0.1, 0.15) is 11.5 Å². The lowest BCUT2D eigenvalue weighted by Crippen LogP contribution is -2.15. The van der Waals surface area contributed by atoms with E-state index >= 15 is 0 Å². The molecule has 0 atom stereocenters. The van der Waals surface area contributed by atoms with Crippen LogP contribution in [0.5, 0.6) is 0 Å². The summed E-state index contributed by atoms with van der Waals surface area (Å²) in [4.78, 5) is 8.45. The van der Waals surface area contributed by atoms with Gasteiger partial charge in [-0.2, -0.15) is 0 Å². The van der Waals surface area contributed by atoms with Gasteiger partial charge in [0.25, 0.3) is 0 Å². The molecule has 18 heavy (non-hydrogen) atoms. The lowest BCUT2D eigenvalue weighted by atomic mass is 10.3. The number of imidazole rings is 1. The molecule has 0 radical (unpaired) electrons. The maximum Gasteiger partial charge on any atom is 0.188 e. The van der Waals surface area contributed by atoms with Crippen LogP contribution in [0.3, 0.4) is 0 Å². The zero-order chi connectivity index (χ0) is 13.0. The second-order valence-corrected chi connectivity index (χ2v) is 3.85. The van der Waals surface area contributed by atoms with E-state index < -0.39 is 0 Å². The maximum absolute atomic E-state index is 8.56. The van der Waals surface area contributed by atoms with Gasteiger partial charge in [-0.3, -0.25) is 4.98 Å². The van der Waals surface area contributed by atoms with E-state index in [0.717, 1.165) is 24.4 Å². The first-order valence-corrected chi connectivity index (χ1v) is 5.72. The first-order chi connectivity index (χ1) is 8.76. The first kappa shape index (κ1) is 12.1. The smallest absolute Gasteiger partial charge is 0.188 e. The highest BCUT2D eigenvalue weighted by atomic mass is 16.4. The number of amidine groups is 1. The zero-order valence-electron chi connectivity index (χ0n) is 10.1. The molecular formula is C12H15N5O. The summed E-state index contributed by atoms with van der Waals surface area (Å²) >= 11 is 0. The molecule has 2 aromatic heterocycles. The van der Waals surface area contributed by atoms with E-state index in [1.807, 2.05) is 16.8 Å². The molecule has 2 aromatic rings. The van der Waals surface area contributed by atoms with Gasteiger partial charge in [-0.25, -0.2) is 4.98 Å². The Labute approximate surface area is 105 Å². The SMILES string of the molecule is CCCc1nccn1-c1ccc(/C(N)=N/O)nc1. The Morgan fingerprint density at radius 1 is 1.44 bits per heavy atom. The minimum absolute atomic E-state index is 0.000891. The summed E-state index contributed by atoms with van der Waals surface area (Å²) < 4.78 is 1.98. The molecule has 0 aliphatic rings. The van der Waals surface area contributed by atoms with E-state index in [9.17, 15) is 0 Å². The lowest BCUT2D eigenvalue weighted by Gasteiger charge is -2.07. The second kappa shape index (κ2) is 5.31. The van der Waals surface area contributed by atoms with Crippen LogP contribution < -0.4 is 5.73 Å². The van der Waals surface area contributed by atoms with Crippen LogP contribution in [-0.2, 0) is 6.42 Å². The van der Waals surface area contributed by atoms with Crippen molar-refractivity contribution < 1.29 is 5.21 Å². The van der Waals surface area contributed by atoms with Crippen LogP contribution in [0.25, 0.3) is 5.69 Å². The third-order valence-electron chi connectivity index (χ3n) is 2.59. The molecule has 6 heteroatoms. The summed E-state index contributed by atoms with van der Waals surface area (Å²) in [5.74, 6) is 0.997. The maximum atomic E-state index is 8.56. The van der Waals surface area contributed by atoms with Gasteiger partial charge in [-0.05, 0) is 18.6 Å². The molecule has 0 aliphatic carbocycles. The fourth-order valence-corrected chi connectivity index (χ4v) is 1.71. The predicted octanol–water partition coefficient (Wildman–Crippen LogP) is 1.31. The van der Waals surface area contributed by atoms with Crippen molar-refractivity contribution in [1.29, 1.82) is 0 Å². The van der Waals surface area contributed by atoms with Gasteiger partial charge in [0.15, 0.2) is 5.84 Å². The van der Waals surface area contributed by atoms with Gasteiger partial charge in [-0.1, -0.05) is 12.1 Å². The third kappa shape index (κ3) is 2.32. The highest BCUT2D eigenvalue weighted by molar-refractivity contribution is 5.95. The molecule has 0 fully saturated rings. The van der Waals surface area contributed by atoms with E-state index in [1.165, 1.54) is 0 Å². The second-order valence-electron chi connectivity index (χ2n) is 3.85. The Bertz CT molecular complexity index is 544. The van der Waals surface area contributed by atoms with Gasteiger partial charge in [0.05, 0.1) is 11.9 Å². The minimum atomic E-state index is 0.000891.